The van der Waals surface area contributed by atoms with E-state index in [2.05, 4.69) is 5.32 Å². The second-order valence-electron chi connectivity index (χ2n) is 4.80. The molecule has 0 bridgehead atoms. The van der Waals surface area contributed by atoms with Crippen molar-refractivity contribution < 1.29 is 13.2 Å². The van der Waals surface area contributed by atoms with E-state index in [0.717, 1.165) is 17.7 Å². The lowest BCUT2D eigenvalue weighted by Gasteiger charge is -2.21. The van der Waals surface area contributed by atoms with E-state index in [1.54, 1.807) is 12.1 Å². The Labute approximate surface area is 126 Å². The Bertz CT molecular complexity index is 658. The van der Waals surface area contributed by atoms with Crippen LogP contribution in [0.5, 0.6) is 0 Å². The van der Waals surface area contributed by atoms with Crippen molar-refractivity contribution in [2.75, 3.05) is 6.54 Å². The van der Waals surface area contributed by atoms with Gasteiger partial charge in [0.25, 0.3) is 0 Å². The maximum Gasteiger partial charge on any atom is 0.160 e. The summed E-state index contributed by atoms with van der Waals surface area (Å²) in [5.41, 5.74) is 1.53. The Kier molecular flexibility index (Phi) is 4.91. The van der Waals surface area contributed by atoms with Gasteiger partial charge in [-0.3, -0.25) is 0 Å². The van der Waals surface area contributed by atoms with E-state index in [4.69, 9.17) is 11.6 Å². The summed E-state index contributed by atoms with van der Waals surface area (Å²) in [5.74, 6) is -2.46. The normalized spacial score (nSPS) is 12.5. The van der Waals surface area contributed by atoms with Crippen molar-refractivity contribution in [2.45, 2.75) is 19.9 Å². The van der Waals surface area contributed by atoms with Crippen LogP contribution in [0.3, 0.4) is 0 Å². The fourth-order valence-electron chi connectivity index (χ4n) is 2.24. The number of nitrogens with one attached hydrogen (secondary N) is 1. The molecule has 1 nitrogen and oxygen atoms in total. The molecule has 0 aromatic heterocycles. The van der Waals surface area contributed by atoms with Gasteiger partial charge in [0.05, 0.1) is 6.04 Å². The summed E-state index contributed by atoms with van der Waals surface area (Å²) in [7, 11) is 0. The molecule has 2 aromatic carbocycles. The zero-order valence-electron chi connectivity index (χ0n) is 11.7. The lowest BCUT2D eigenvalue weighted by Crippen LogP contribution is -2.23. The second-order valence-corrected chi connectivity index (χ2v) is 5.21. The molecule has 0 aliphatic rings. The van der Waals surface area contributed by atoms with Gasteiger partial charge in [-0.15, -0.1) is 0 Å². The Morgan fingerprint density at radius 1 is 1.00 bits per heavy atom. The summed E-state index contributed by atoms with van der Waals surface area (Å²) >= 11 is 6.00. The third kappa shape index (κ3) is 3.39. The van der Waals surface area contributed by atoms with E-state index in [1.807, 2.05) is 13.8 Å². The largest absolute Gasteiger partial charge is 0.306 e. The number of halogens is 4. The van der Waals surface area contributed by atoms with Crippen LogP contribution in [0.2, 0.25) is 5.02 Å². The smallest absolute Gasteiger partial charge is 0.160 e. The van der Waals surface area contributed by atoms with Crippen LogP contribution in [-0.4, -0.2) is 6.54 Å². The summed E-state index contributed by atoms with van der Waals surface area (Å²) in [6.07, 6.45) is 0. The van der Waals surface area contributed by atoms with Crippen molar-refractivity contribution in [3.8, 4) is 0 Å². The minimum atomic E-state index is -1.02. The third-order valence-corrected chi connectivity index (χ3v) is 3.55. The summed E-state index contributed by atoms with van der Waals surface area (Å²) in [5, 5.41) is 3.11. The van der Waals surface area contributed by atoms with Crippen molar-refractivity contribution in [2.24, 2.45) is 0 Å². The van der Waals surface area contributed by atoms with Crippen molar-refractivity contribution in [3.05, 3.63) is 69.5 Å². The molecule has 0 aliphatic heterocycles. The van der Waals surface area contributed by atoms with Crippen LogP contribution in [0.15, 0.2) is 30.3 Å². The molecule has 1 N–H and O–H groups in total. The van der Waals surface area contributed by atoms with Crippen LogP contribution in [0.1, 0.15) is 29.7 Å². The van der Waals surface area contributed by atoms with Gasteiger partial charge in [-0.1, -0.05) is 36.2 Å². The molecule has 0 fully saturated rings. The molecule has 21 heavy (non-hydrogen) atoms. The van der Waals surface area contributed by atoms with Crippen LogP contribution < -0.4 is 5.32 Å². The van der Waals surface area contributed by atoms with E-state index in [0.29, 0.717) is 17.7 Å². The van der Waals surface area contributed by atoms with Gasteiger partial charge in [0.15, 0.2) is 11.6 Å². The molecule has 5 heteroatoms. The molecule has 0 radical (unpaired) electrons. The van der Waals surface area contributed by atoms with Gasteiger partial charge in [-0.2, -0.15) is 0 Å². The lowest BCUT2D eigenvalue weighted by molar-refractivity contribution is 0.502. The fourth-order valence-corrected chi connectivity index (χ4v) is 2.49. The first-order valence-electron chi connectivity index (χ1n) is 6.58. The molecule has 0 spiro atoms. The molecular weight excluding hydrogens is 299 g/mol. The van der Waals surface area contributed by atoms with E-state index in [1.165, 1.54) is 6.07 Å². The topological polar surface area (TPSA) is 12.0 Å². The molecule has 2 rings (SSSR count). The van der Waals surface area contributed by atoms with E-state index in [-0.39, 0.29) is 5.02 Å². The number of benzene rings is 2. The minimum absolute atomic E-state index is 0.0563. The average Bonchev–Trinajstić information content (AvgIpc) is 2.43. The van der Waals surface area contributed by atoms with Crippen LogP contribution in [-0.2, 0) is 0 Å². The molecule has 1 unspecified atom stereocenters. The predicted molar refractivity (Wildman–Crippen MR) is 78.0 cm³/mol. The van der Waals surface area contributed by atoms with Gasteiger partial charge in [-0.05, 0) is 37.2 Å². The Balaban J connectivity index is 2.58. The maximum absolute atomic E-state index is 14.1. The first kappa shape index (κ1) is 15.9. The second kappa shape index (κ2) is 6.50. The highest BCUT2D eigenvalue weighted by Crippen LogP contribution is 2.31. The lowest BCUT2D eigenvalue weighted by atomic mass is 9.96. The molecule has 0 amide bonds. The molecule has 0 aliphatic carbocycles. The highest BCUT2D eigenvalue weighted by molar-refractivity contribution is 6.31. The highest BCUT2D eigenvalue weighted by atomic mass is 35.5. The standard InChI is InChI=1S/C16H15ClF3N/c1-3-21-16(11-6-9(2)4-5-13(11)18)10-7-14(19)15(20)8-12(10)17/h4-8,16,21H,3H2,1-2H3. The first-order chi connectivity index (χ1) is 9.93. The summed E-state index contributed by atoms with van der Waals surface area (Å²) in [6, 6.07) is 5.94. The van der Waals surface area contributed by atoms with Gasteiger partial charge in [0, 0.05) is 10.6 Å². The van der Waals surface area contributed by atoms with Gasteiger partial charge >= 0.3 is 0 Å². The molecule has 2 aromatic rings. The quantitative estimate of drug-likeness (QED) is 0.802. The SMILES string of the molecule is CCNC(c1cc(C)ccc1F)c1cc(F)c(F)cc1Cl. The zero-order chi connectivity index (χ0) is 15.6. The fraction of sp³-hybridized carbons (Fsp3) is 0.250. The van der Waals surface area contributed by atoms with Crippen molar-refractivity contribution >= 4 is 11.6 Å². The Morgan fingerprint density at radius 2 is 1.67 bits per heavy atom. The monoisotopic (exact) mass is 313 g/mol. The number of hydrogen-bond acceptors (Lipinski definition) is 1. The van der Waals surface area contributed by atoms with E-state index in [9.17, 15) is 13.2 Å². The van der Waals surface area contributed by atoms with Crippen molar-refractivity contribution in [3.63, 3.8) is 0 Å². The predicted octanol–water partition coefficient (Wildman–Crippen LogP) is 4.76. The summed E-state index contributed by atoms with van der Waals surface area (Å²) in [4.78, 5) is 0. The first-order valence-corrected chi connectivity index (χ1v) is 6.95. The van der Waals surface area contributed by atoms with Crippen molar-refractivity contribution in [1.29, 1.82) is 0 Å². The summed E-state index contributed by atoms with van der Waals surface area (Å²) < 4.78 is 40.8. The number of hydrogen-bond donors (Lipinski definition) is 1. The van der Waals surface area contributed by atoms with Crippen molar-refractivity contribution in [1.82, 2.24) is 5.32 Å². The molecule has 112 valence electrons. The van der Waals surface area contributed by atoms with Crippen LogP contribution in [0.4, 0.5) is 13.2 Å². The summed E-state index contributed by atoms with van der Waals surface area (Å²) in [6.45, 7) is 4.20. The minimum Gasteiger partial charge on any atom is -0.306 e. The maximum atomic E-state index is 14.1. The Morgan fingerprint density at radius 3 is 2.33 bits per heavy atom. The highest BCUT2D eigenvalue weighted by Gasteiger charge is 2.21. The van der Waals surface area contributed by atoms with E-state index >= 15 is 0 Å². The van der Waals surface area contributed by atoms with Gasteiger partial charge in [-0.25, -0.2) is 13.2 Å². The zero-order valence-corrected chi connectivity index (χ0v) is 12.4. The molecule has 0 saturated carbocycles. The van der Waals surface area contributed by atoms with E-state index < -0.39 is 23.5 Å². The molecule has 0 saturated heterocycles. The van der Waals surface area contributed by atoms with Crippen LogP contribution >= 0.6 is 11.6 Å². The number of aryl methyl sites for hydroxylation is 1. The van der Waals surface area contributed by atoms with Crippen LogP contribution in [0, 0.1) is 24.4 Å². The number of rotatable bonds is 4. The molecule has 0 heterocycles. The Hall–Kier alpha value is -1.52. The average molecular weight is 314 g/mol. The van der Waals surface area contributed by atoms with Gasteiger partial charge < -0.3 is 5.32 Å². The van der Waals surface area contributed by atoms with Gasteiger partial charge in [0.2, 0.25) is 0 Å². The van der Waals surface area contributed by atoms with Crippen LogP contribution in [0.25, 0.3) is 0 Å². The van der Waals surface area contributed by atoms with Gasteiger partial charge in [0.1, 0.15) is 5.82 Å². The molecule has 1 atom stereocenters. The third-order valence-electron chi connectivity index (χ3n) is 3.22. The molecular formula is C16H15ClF3N.